The topological polar surface area (TPSA) is 426 Å². The molecule has 216 valence electrons. The minimum absolute atomic E-state index is 0. The van der Waals surface area contributed by atoms with Crippen LogP contribution in [-0.2, 0) is 54.5 Å². The van der Waals surface area contributed by atoms with E-state index in [-0.39, 0.29) is 266 Å². The summed E-state index contributed by atoms with van der Waals surface area (Å²) in [5.74, 6) is 0. The van der Waals surface area contributed by atoms with Crippen LogP contribution >= 0.6 is 46.9 Å². The minimum Gasteiger partial charge on any atom is -0.790 e. The number of hydrogen-bond donors (Lipinski definition) is 3. The molecule has 0 aromatic rings. The predicted octanol–water partition coefficient (Wildman–Crippen LogP) is -35.8. The maximum Gasteiger partial charge on any atom is 1.00 e. The van der Waals surface area contributed by atoms with Crippen molar-refractivity contribution in [2.75, 3.05) is 0 Å². The number of rotatable bonds is 12. The summed E-state index contributed by atoms with van der Waals surface area (Å²) in [5, 5.41) is 0. The third kappa shape index (κ3) is 35.3. The smallest absolute Gasteiger partial charge is 0.790 e. The average molecular weight is 858 g/mol. The SMILES string of the molecule is O=P([O-])([O-])OC1[C@@H](OP(=O)([O-])[O-])[C@H](OP(=O)([O-])O)C(OP(=O)([O-])O)[C@H](OP(=O)([O-])O)[C@@H]1OP(=O)([O-])[O-].[Na+].[Na+].[Na+].[Na+].[Na+].[Na+].[Na+].[Na+].[Na+]. The van der Waals surface area contributed by atoms with E-state index in [2.05, 4.69) is 27.1 Å². The molecule has 45 heavy (non-hydrogen) atoms. The van der Waals surface area contributed by atoms with Gasteiger partial charge < -0.3 is 99.6 Å². The van der Waals surface area contributed by atoms with Crippen molar-refractivity contribution in [2.45, 2.75) is 36.6 Å². The zero-order valence-electron chi connectivity index (χ0n) is 25.1. The molecule has 0 bridgehead atoms. The fourth-order valence-corrected chi connectivity index (χ4v) is 6.01. The zero-order valence-corrected chi connectivity index (χ0v) is 48.4. The van der Waals surface area contributed by atoms with Gasteiger partial charge in [0.2, 0.25) is 0 Å². The second-order valence-corrected chi connectivity index (χ2v) is 12.9. The standard InChI is InChI=1S/C6H18O24P6.9Na/c7-31(8,9)25-1-2(26-32(10,11)12)4(28-34(16,17)18)6(30-36(22,23)24)5(29-35(19,20)21)3(1)27-33(13,14)15;;;;;;;;;/h1-6H,(H2,7,8,9)(H2,10,11,12)(H2,13,14,15)(H2,16,17,18)(H2,19,20,21)(H2,22,23,24);;;;;;;;;/q;9*+1/p-9/t1-,2-,3?,4?,5-,6+;;;;;;;;;/m0........./s1. The quantitative estimate of drug-likeness (QED) is 0.121. The Balaban J connectivity index is -0.000000206. The molecule has 1 aliphatic rings. The third-order valence-electron chi connectivity index (χ3n) is 3.46. The van der Waals surface area contributed by atoms with Crippen LogP contribution in [0.25, 0.3) is 0 Å². The summed E-state index contributed by atoms with van der Waals surface area (Å²) < 4.78 is 89.5. The van der Waals surface area contributed by atoms with Gasteiger partial charge in [0.25, 0.3) is 23.5 Å². The molecule has 0 aliphatic heterocycles. The first-order valence-corrected chi connectivity index (χ1v) is 16.7. The van der Waals surface area contributed by atoms with Gasteiger partial charge >= 0.3 is 266 Å². The fraction of sp³-hybridized carbons (Fsp3) is 1.00. The zero-order chi connectivity index (χ0) is 28.7. The summed E-state index contributed by atoms with van der Waals surface area (Å²) in [6.45, 7) is 0. The second kappa shape index (κ2) is 30.7. The van der Waals surface area contributed by atoms with Crippen molar-refractivity contribution < 1.29 is 379 Å². The van der Waals surface area contributed by atoms with Gasteiger partial charge in [0.05, 0.1) is 23.5 Å². The van der Waals surface area contributed by atoms with Crippen molar-refractivity contribution >= 4 is 46.9 Å². The van der Waals surface area contributed by atoms with Crippen LogP contribution in [-0.4, -0.2) is 51.3 Å². The maximum atomic E-state index is 11.2. The molecule has 1 saturated carbocycles. The molecule has 3 N–H and O–H groups in total. The van der Waals surface area contributed by atoms with Crippen molar-refractivity contribution in [2.24, 2.45) is 0 Å². The maximum absolute atomic E-state index is 11.2. The third-order valence-corrected chi connectivity index (χ3v) is 6.49. The Morgan fingerprint density at radius 1 is 0.311 bits per heavy atom. The van der Waals surface area contributed by atoms with Crippen LogP contribution in [0.15, 0.2) is 0 Å². The average Bonchev–Trinajstić information content (AvgIpc) is 2.51. The Morgan fingerprint density at radius 2 is 0.422 bits per heavy atom. The Bertz CT molecular complexity index is 850. The fourth-order valence-electron chi connectivity index (χ4n) is 2.75. The normalized spacial score (nSPS) is 26.7. The summed E-state index contributed by atoms with van der Waals surface area (Å²) in [7, 11) is -39.1. The summed E-state index contributed by atoms with van der Waals surface area (Å²) in [6.07, 6.45) is -20.8. The molecule has 24 nitrogen and oxygen atoms in total. The van der Waals surface area contributed by atoms with Crippen molar-refractivity contribution in [3.8, 4) is 0 Å². The predicted molar refractivity (Wildman–Crippen MR) is 81.5 cm³/mol. The van der Waals surface area contributed by atoms with Crippen LogP contribution in [0.4, 0.5) is 0 Å². The van der Waals surface area contributed by atoms with Crippen molar-refractivity contribution in [3.63, 3.8) is 0 Å². The molecule has 1 rings (SSSR count). The molecular formula is C6H9Na9O24P6. The van der Waals surface area contributed by atoms with E-state index in [1.165, 1.54) is 0 Å². The van der Waals surface area contributed by atoms with Crippen molar-refractivity contribution in [1.82, 2.24) is 0 Å². The second-order valence-electron chi connectivity index (χ2n) is 6.17. The summed E-state index contributed by atoms with van der Waals surface area (Å²) in [4.78, 5) is 127. The molecular weight excluding hydrogens is 849 g/mol. The number of phosphoric ester groups is 6. The van der Waals surface area contributed by atoms with Gasteiger partial charge in [-0.25, -0.2) is 0 Å². The molecule has 0 aromatic heterocycles. The molecule has 0 saturated heterocycles. The first-order valence-electron chi connectivity index (χ1n) is 7.85. The van der Waals surface area contributed by atoms with Crippen LogP contribution < -0.4 is 310 Å². The Labute approximate surface area is 453 Å². The Morgan fingerprint density at radius 3 is 0.511 bits per heavy atom. The first kappa shape index (κ1) is 75.5. The van der Waals surface area contributed by atoms with Gasteiger partial charge in [-0.15, -0.1) is 0 Å². The van der Waals surface area contributed by atoms with Crippen LogP contribution in [0.1, 0.15) is 0 Å². The van der Waals surface area contributed by atoms with E-state index >= 15 is 0 Å². The van der Waals surface area contributed by atoms with Gasteiger partial charge in [-0.3, -0.25) is 13.7 Å². The van der Waals surface area contributed by atoms with Gasteiger partial charge in [-0.1, -0.05) is 0 Å². The van der Waals surface area contributed by atoms with E-state index in [4.69, 9.17) is 14.7 Å². The molecule has 0 amide bonds. The molecule has 0 spiro atoms. The van der Waals surface area contributed by atoms with Crippen LogP contribution in [0.5, 0.6) is 0 Å². The van der Waals surface area contributed by atoms with Crippen LogP contribution in [0.2, 0.25) is 0 Å². The van der Waals surface area contributed by atoms with Crippen LogP contribution in [0.3, 0.4) is 0 Å². The molecule has 39 heteroatoms. The Hall–Kier alpha value is 9.66. The van der Waals surface area contributed by atoms with Gasteiger partial charge in [0.15, 0.2) is 0 Å². The molecule has 1 fully saturated rings. The van der Waals surface area contributed by atoms with Gasteiger partial charge in [-0.05, 0) is 0 Å². The molecule has 9 atom stereocenters. The van der Waals surface area contributed by atoms with E-state index < -0.39 is 83.6 Å². The summed E-state index contributed by atoms with van der Waals surface area (Å²) in [5.41, 5.74) is 0. The van der Waals surface area contributed by atoms with Crippen molar-refractivity contribution in [3.05, 3.63) is 0 Å². The van der Waals surface area contributed by atoms with E-state index in [1.807, 2.05) is 0 Å². The summed E-state index contributed by atoms with van der Waals surface area (Å²) >= 11 is 0. The monoisotopic (exact) mass is 858 g/mol. The molecule has 1 aliphatic carbocycles. The Kier molecular flexibility index (Phi) is 51.4. The number of phosphoric acid groups is 6. The van der Waals surface area contributed by atoms with E-state index in [1.54, 1.807) is 0 Å². The largest absolute Gasteiger partial charge is 1.00 e. The first-order chi connectivity index (χ1) is 15.6. The van der Waals surface area contributed by atoms with Crippen LogP contribution in [0, 0.1) is 0 Å². The molecule has 0 heterocycles. The number of hydrogen-bond acceptors (Lipinski definition) is 21. The van der Waals surface area contributed by atoms with Crippen molar-refractivity contribution in [1.29, 1.82) is 0 Å². The van der Waals surface area contributed by atoms with E-state index in [9.17, 15) is 71.4 Å². The molecule has 5 unspecified atom stereocenters. The summed E-state index contributed by atoms with van der Waals surface area (Å²) in [6, 6.07) is 0. The molecule has 0 radical (unpaired) electrons. The van der Waals surface area contributed by atoms with Gasteiger partial charge in [0.1, 0.15) is 36.6 Å². The molecule has 0 aromatic carbocycles. The van der Waals surface area contributed by atoms with E-state index in [0.717, 1.165) is 0 Å². The van der Waals surface area contributed by atoms with Gasteiger partial charge in [0, 0.05) is 0 Å². The van der Waals surface area contributed by atoms with E-state index in [0.29, 0.717) is 0 Å². The minimum atomic E-state index is -6.64. The van der Waals surface area contributed by atoms with Gasteiger partial charge in [-0.2, -0.15) is 0 Å².